The second-order valence-electron chi connectivity index (χ2n) is 18.5. The predicted octanol–water partition coefficient (Wildman–Crippen LogP) is 18.3. The van der Waals surface area contributed by atoms with Crippen molar-refractivity contribution < 1.29 is 28.6 Å². The Kier molecular flexibility index (Phi) is 50.8. The zero-order valence-electron chi connectivity index (χ0n) is 42.6. The number of ether oxygens (including phenoxy) is 3. The highest BCUT2D eigenvalue weighted by Gasteiger charge is 2.19. The van der Waals surface area contributed by atoms with Crippen LogP contribution in [0.1, 0.15) is 284 Å². The van der Waals surface area contributed by atoms with E-state index in [-0.39, 0.29) is 31.1 Å². The summed E-state index contributed by atoms with van der Waals surface area (Å²) in [7, 11) is 0. The SMILES string of the molecule is CCCCCC/C=C\C/C=C\CCCCCCCC(=O)OCC(COC(=O)CCCCCCC/C=C\CCCCCCCC)OC(=O)CCCCCCC/C=C\CCCCCCCC. The fraction of sp³-hybridized carbons (Fsp3) is 0.810. The van der Waals surface area contributed by atoms with Crippen LogP contribution in [-0.4, -0.2) is 37.2 Å². The molecule has 0 N–H and O–H groups in total. The summed E-state index contributed by atoms with van der Waals surface area (Å²) < 4.78 is 16.8. The van der Waals surface area contributed by atoms with Gasteiger partial charge in [0, 0.05) is 19.3 Å². The summed E-state index contributed by atoms with van der Waals surface area (Å²) >= 11 is 0. The molecule has 0 aromatic carbocycles. The molecule has 0 spiro atoms. The summed E-state index contributed by atoms with van der Waals surface area (Å²) in [4.78, 5) is 38.1. The van der Waals surface area contributed by atoms with Crippen molar-refractivity contribution >= 4 is 17.9 Å². The molecule has 0 aromatic rings. The molecule has 0 heterocycles. The monoisotopic (exact) mass is 897 g/mol. The van der Waals surface area contributed by atoms with Crippen LogP contribution in [0.5, 0.6) is 0 Å². The van der Waals surface area contributed by atoms with Gasteiger partial charge in [-0.05, 0) is 103 Å². The molecule has 372 valence electrons. The van der Waals surface area contributed by atoms with E-state index in [9.17, 15) is 14.4 Å². The third kappa shape index (κ3) is 50.4. The van der Waals surface area contributed by atoms with Gasteiger partial charge in [0.1, 0.15) is 13.2 Å². The first-order valence-corrected chi connectivity index (χ1v) is 27.6. The average molecular weight is 897 g/mol. The van der Waals surface area contributed by atoms with Gasteiger partial charge in [0.2, 0.25) is 0 Å². The molecule has 0 aliphatic rings. The minimum atomic E-state index is -0.785. The zero-order chi connectivity index (χ0) is 46.5. The maximum Gasteiger partial charge on any atom is 0.306 e. The number of hydrogen-bond donors (Lipinski definition) is 0. The van der Waals surface area contributed by atoms with Crippen LogP contribution in [0.4, 0.5) is 0 Å². The number of carbonyl (C=O) groups excluding carboxylic acids is 3. The van der Waals surface area contributed by atoms with Crippen LogP contribution in [0.3, 0.4) is 0 Å². The largest absolute Gasteiger partial charge is 0.462 e. The maximum absolute atomic E-state index is 12.8. The van der Waals surface area contributed by atoms with Gasteiger partial charge in [-0.1, -0.05) is 211 Å². The summed E-state index contributed by atoms with van der Waals surface area (Å²) in [6.07, 6.45) is 63.7. The summed E-state index contributed by atoms with van der Waals surface area (Å²) in [6.45, 7) is 6.61. The number of rotatable bonds is 50. The van der Waals surface area contributed by atoms with Crippen molar-refractivity contribution in [1.82, 2.24) is 0 Å². The lowest BCUT2D eigenvalue weighted by atomic mass is 10.1. The number of esters is 3. The first-order valence-electron chi connectivity index (χ1n) is 27.6. The molecule has 0 fully saturated rings. The smallest absolute Gasteiger partial charge is 0.306 e. The lowest BCUT2D eigenvalue weighted by Gasteiger charge is -2.18. The molecule has 6 nitrogen and oxygen atoms in total. The van der Waals surface area contributed by atoms with E-state index in [1.54, 1.807) is 0 Å². The lowest BCUT2D eigenvalue weighted by Crippen LogP contribution is -2.30. The topological polar surface area (TPSA) is 78.9 Å². The first kappa shape index (κ1) is 61.4. The highest BCUT2D eigenvalue weighted by atomic mass is 16.6. The molecule has 64 heavy (non-hydrogen) atoms. The van der Waals surface area contributed by atoms with Gasteiger partial charge in [-0.3, -0.25) is 14.4 Å². The van der Waals surface area contributed by atoms with Crippen LogP contribution >= 0.6 is 0 Å². The highest BCUT2D eigenvalue weighted by Crippen LogP contribution is 2.14. The van der Waals surface area contributed by atoms with E-state index >= 15 is 0 Å². The van der Waals surface area contributed by atoms with Gasteiger partial charge in [-0.25, -0.2) is 0 Å². The fourth-order valence-electron chi connectivity index (χ4n) is 7.81. The van der Waals surface area contributed by atoms with Crippen molar-refractivity contribution in [3.8, 4) is 0 Å². The van der Waals surface area contributed by atoms with Crippen LogP contribution in [-0.2, 0) is 28.6 Å². The standard InChI is InChI=1S/C58H104O6/c1-4-7-10-13-16-19-22-25-28-31-33-36-39-42-45-48-51-57(60)63-54-55(64-58(61)52-49-46-43-40-37-34-30-27-24-21-18-15-12-9-6-3)53-62-56(59)50-47-44-41-38-35-32-29-26-23-20-17-14-11-8-5-2/h19,22,26-31,55H,4-18,20-21,23-25,32-54H2,1-3H3/b22-19-,29-26-,30-27-,31-28-. The minimum Gasteiger partial charge on any atom is -0.462 e. The van der Waals surface area contributed by atoms with Crippen LogP contribution in [0, 0.1) is 0 Å². The molecule has 0 rings (SSSR count). The van der Waals surface area contributed by atoms with Gasteiger partial charge >= 0.3 is 17.9 Å². The van der Waals surface area contributed by atoms with Crippen LogP contribution in [0.15, 0.2) is 48.6 Å². The van der Waals surface area contributed by atoms with Crippen molar-refractivity contribution in [2.75, 3.05) is 13.2 Å². The number of hydrogen-bond acceptors (Lipinski definition) is 6. The number of unbranched alkanes of at least 4 members (excludes halogenated alkanes) is 31. The molecule has 0 saturated heterocycles. The quantitative estimate of drug-likeness (QED) is 0.0262. The Morgan fingerprint density at radius 2 is 0.562 bits per heavy atom. The van der Waals surface area contributed by atoms with Gasteiger partial charge in [0.15, 0.2) is 6.10 Å². The molecule has 6 heteroatoms. The minimum absolute atomic E-state index is 0.0842. The molecular weight excluding hydrogens is 793 g/mol. The Morgan fingerprint density at radius 3 is 0.891 bits per heavy atom. The Labute approximate surface area is 397 Å². The highest BCUT2D eigenvalue weighted by molar-refractivity contribution is 5.71. The van der Waals surface area contributed by atoms with Gasteiger partial charge < -0.3 is 14.2 Å². The Hall–Kier alpha value is -2.63. The molecule has 0 aliphatic heterocycles. The Balaban J connectivity index is 4.41. The first-order chi connectivity index (χ1) is 31.5. The number of allylic oxidation sites excluding steroid dienone is 8. The zero-order valence-corrected chi connectivity index (χ0v) is 42.6. The van der Waals surface area contributed by atoms with E-state index in [4.69, 9.17) is 14.2 Å². The lowest BCUT2D eigenvalue weighted by molar-refractivity contribution is -0.167. The maximum atomic E-state index is 12.8. The van der Waals surface area contributed by atoms with Gasteiger partial charge in [-0.15, -0.1) is 0 Å². The molecule has 1 atom stereocenters. The number of carbonyl (C=O) groups is 3. The summed E-state index contributed by atoms with van der Waals surface area (Å²) in [5, 5.41) is 0. The molecule has 0 bridgehead atoms. The third-order valence-corrected chi connectivity index (χ3v) is 12.0. The van der Waals surface area contributed by atoms with Crippen LogP contribution in [0.25, 0.3) is 0 Å². The molecule has 0 amide bonds. The Bertz CT molecular complexity index is 1120. The van der Waals surface area contributed by atoms with E-state index in [0.29, 0.717) is 19.3 Å². The van der Waals surface area contributed by atoms with Crippen LogP contribution < -0.4 is 0 Å². The molecule has 0 radical (unpaired) electrons. The van der Waals surface area contributed by atoms with E-state index in [0.717, 1.165) is 96.3 Å². The molecule has 1 unspecified atom stereocenters. The normalized spacial score (nSPS) is 12.4. The fourth-order valence-corrected chi connectivity index (χ4v) is 7.81. The average Bonchev–Trinajstić information content (AvgIpc) is 3.29. The van der Waals surface area contributed by atoms with Gasteiger partial charge in [-0.2, -0.15) is 0 Å². The predicted molar refractivity (Wildman–Crippen MR) is 275 cm³/mol. The van der Waals surface area contributed by atoms with Gasteiger partial charge in [0.05, 0.1) is 0 Å². The van der Waals surface area contributed by atoms with Crippen molar-refractivity contribution in [1.29, 1.82) is 0 Å². The molecular formula is C58H104O6. The van der Waals surface area contributed by atoms with Gasteiger partial charge in [0.25, 0.3) is 0 Å². The van der Waals surface area contributed by atoms with Crippen molar-refractivity contribution in [2.45, 2.75) is 290 Å². The van der Waals surface area contributed by atoms with Crippen molar-refractivity contribution in [3.05, 3.63) is 48.6 Å². The van der Waals surface area contributed by atoms with E-state index in [1.165, 1.54) is 148 Å². The van der Waals surface area contributed by atoms with E-state index < -0.39 is 6.10 Å². The molecule has 0 aliphatic carbocycles. The third-order valence-electron chi connectivity index (χ3n) is 12.0. The summed E-state index contributed by atoms with van der Waals surface area (Å²) in [6, 6.07) is 0. The second-order valence-corrected chi connectivity index (χ2v) is 18.5. The molecule has 0 aromatic heterocycles. The van der Waals surface area contributed by atoms with Crippen molar-refractivity contribution in [3.63, 3.8) is 0 Å². The summed E-state index contributed by atoms with van der Waals surface area (Å²) in [5.41, 5.74) is 0. The summed E-state index contributed by atoms with van der Waals surface area (Å²) in [5.74, 6) is -0.905. The Morgan fingerprint density at radius 1 is 0.312 bits per heavy atom. The molecule has 0 saturated carbocycles. The van der Waals surface area contributed by atoms with E-state index in [1.807, 2.05) is 0 Å². The van der Waals surface area contributed by atoms with E-state index in [2.05, 4.69) is 69.4 Å². The van der Waals surface area contributed by atoms with Crippen molar-refractivity contribution in [2.24, 2.45) is 0 Å². The van der Waals surface area contributed by atoms with Crippen LogP contribution in [0.2, 0.25) is 0 Å². The second kappa shape index (κ2) is 53.0.